The lowest BCUT2D eigenvalue weighted by molar-refractivity contribution is -0.115. The Morgan fingerprint density at radius 3 is 2.16 bits per heavy atom. The Morgan fingerprint density at radius 2 is 1.68 bits per heavy atom. The first-order valence-electron chi connectivity index (χ1n) is 9.87. The van der Waals surface area contributed by atoms with E-state index in [1.807, 2.05) is 0 Å². The van der Waals surface area contributed by atoms with Crippen molar-refractivity contribution in [3.63, 3.8) is 0 Å². The van der Waals surface area contributed by atoms with Crippen molar-refractivity contribution in [1.82, 2.24) is 9.55 Å². The van der Waals surface area contributed by atoms with Crippen LogP contribution in [0.2, 0.25) is 10.3 Å². The lowest BCUT2D eigenvalue weighted by Gasteiger charge is -2.35. The zero-order chi connectivity index (χ0) is 23.0. The molecule has 0 saturated heterocycles. The fourth-order valence-electron chi connectivity index (χ4n) is 4.27. The van der Waals surface area contributed by atoms with Gasteiger partial charge in [0.15, 0.2) is 0 Å². The predicted molar refractivity (Wildman–Crippen MR) is 118 cm³/mol. The van der Waals surface area contributed by atoms with E-state index in [4.69, 9.17) is 28.9 Å². The van der Waals surface area contributed by atoms with Crippen molar-refractivity contribution in [2.24, 2.45) is 12.8 Å². The number of aromatic nitrogens is 2. The van der Waals surface area contributed by atoms with E-state index in [1.54, 1.807) is 20.9 Å². The van der Waals surface area contributed by atoms with Crippen molar-refractivity contribution in [1.29, 1.82) is 0 Å². The van der Waals surface area contributed by atoms with Crippen LogP contribution < -0.4 is 10.6 Å². The van der Waals surface area contributed by atoms with E-state index in [0.29, 0.717) is 42.6 Å². The van der Waals surface area contributed by atoms with E-state index in [-0.39, 0.29) is 27.6 Å². The number of pyridine rings is 1. The number of hydrogen-bond donors (Lipinski definition) is 2. The highest BCUT2D eigenvalue weighted by Crippen LogP contribution is 2.32. The first-order chi connectivity index (χ1) is 14.5. The fraction of sp³-hybridized carbons (Fsp3) is 0.429. The number of anilines is 1. The molecule has 0 unspecified atom stereocenters. The van der Waals surface area contributed by atoms with Gasteiger partial charge in [-0.25, -0.2) is 4.98 Å². The van der Waals surface area contributed by atoms with Crippen LogP contribution in [-0.2, 0) is 11.8 Å². The highest BCUT2D eigenvalue weighted by atomic mass is 35.5. The molecule has 2 heterocycles. The maximum absolute atomic E-state index is 13.5. The van der Waals surface area contributed by atoms with Gasteiger partial charge in [0.2, 0.25) is 0 Å². The molecule has 0 aromatic carbocycles. The van der Waals surface area contributed by atoms with Gasteiger partial charge in [0, 0.05) is 18.8 Å². The summed E-state index contributed by atoms with van der Waals surface area (Å²) in [6, 6.07) is 2.62. The van der Waals surface area contributed by atoms with Crippen LogP contribution >= 0.6 is 23.2 Å². The monoisotopic (exact) mass is 466 g/mol. The largest absolute Gasteiger partial charge is 0.393 e. The quantitative estimate of drug-likeness (QED) is 0.398. The van der Waals surface area contributed by atoms with Crippen LogP contribution in [0.4, 0.5) is 5.69 Å². The van der Waals surface area contributed by atoms with Crippen LogP contribution in [0, 0.1) is 13.8 Å². The highest BCUT2D eigenvalue weighted by molar-refractivity contribution is 6.47. The van der Waals surface area contributed by atoms with Crippen LogP contribution in [0.25, 0.3) is 0 Å². The van der Waals surface area contributed by atoms with E-state index in [2.05, 4.69) is 4.98 Å². The molecule has 31 heavy (non-hydrogen) atoms. The second-order valence-corrected chi connectivity index (χ2v) is 8.57. The van der Waals surface area contributed by atoms with Crippen LogP contribution in [-0.4, -0.2) is 44.4 Å². The Bertz CT molecular complexity index is 1040. The Morgan fingerprint density at radius 1 is 1.13 bits per heavy atom. The van der Waals surface area contributed by atoms with Gasteiger partial charge in [-0.1, -0.05) is 23.2 Å². The van der Waals surface area contributed by atoms with E-state index in [0.717, 1.165) is 0 Å². The Kier molecular flexibility index (Phi) is 6.73. The van der Waals surface area contributed by atoms with Crippen molar-refractivity contribution in [2.45, 2.75) is 51.7 Å². The number of hydrogen-bond acceptors (Lipinski definition) is 5. The highest BCUT2D eigenvalue weighted by Gasteiger charge is 2.36. The van der Waals surface area contributed by atoms with E-state index in [9.17, 15) is 19.5 Å². The summed E-state index contributed by atoms with van der Waals surface area (Å²) >= 11 is 12.1. The van der Waals surface area contributed by atoms with E-state index >= 15 is 0 Å². The third kappa shape index (κ3) is 4.46. The first-order valence-corrected chi connectivity index (χ1v) is 10.6. The van der Waals surface area contributed by atoms with Crippen molar-refractivity contribution in [2.75, 3.05) is 4.90 Å². The topological polar surface area (TPSA) is 119 Å². The summed E-state index contributed by atoms with van der Waals surface area (Å²) in [5, 5.41) is 10.1. The predicted octanol–water partition coefficient (Wildman–Crippen LogP) is 2.96. The maximum atomic E-state index is 13.5. The number of rotatable bonds is 5. The van der Waals surface area contributed by atoms with Crippen LogP contribution in [0.5, 0.6) is 0 Å². The third-order valence-electron chi connectivity index (χ3n) is 5.86. The lowest BCUT2D eigenvalue weighted by atomic mass is 9.91. The molecular formula is C21H24Cl2N4O4. The van der Waals surface area contributed by atoms with E-state index in [1.165, 1.54) is 21.6 Å². The average molecular weight is 467 g/mol. The second kappa shape index (κ2) is 8.98. The van der Waals surface area contributed by atoms with Gasteiger partial charge in [0.25, 0.3) is 11.7 Å². The minimum Gasteiger partial charge on any atom is -0.393 e. The van der Waals surface area contributed by atoms with Crippen LogP contribution in [0.15, 0.2) is 12.1 Å². The number of aliphatic hydroxyl groups excluding tert-OH is 1. The lowest BCUT2D eigenvalue weighted by Crippen LogP contribution is -2.47. The van der Waals surface area contributed by atoms with Gasteiger partial charge in [-0.05, 0) is 57.2 Å². The Hall–Kier alpha value is -2.42. The zero-order valence-electron chi connectivity index (χ0n) is 17.5. The Balaban J connectivity index is 2.07. The van der Waals surface area contributed by atoms with Gasteiger partial charge in [0.05, 0.1) is 23.0 Å². The fourth-order valence-corrected chi connectivity index (χ4v) is 4.72. The van der Waals surface area contributed by atoms with Gasteiger partial charge >= 0.3 is 5.91 Å². The molecule has 10 heteroatoms. The molecular weight excluding hydrogens is 443 g/mol. The number of ketones is 1. The van der Waals surface area contributed by atoms with Gasteiger partial charge in [-0.2, -0.15) is 0 Å². The van der Waals surface area contributed by atoms with Crippen molar-refractivity contribution in [3.8, 4) is 0 Å². The number of nitrogens with two attached hydrogens (primary N) is 1. The molecule has 0 spiro atoms. The molecule has 2 aromatic rings. The van der Waals surface area contributed by atoms with Gasteiger partial charge in [-0.15, -0.1) is 0 Å². The summed E-state index contributed by atoms with van der Waals surface area (Å²) in [5.41, 5.74) is 7.00. The summed E-state index contributed by atoms with van der Waals surface area (Å²) in [6.45, 7) is 3.26. The SMILES string of the molecule is Cc1c(C(N)=O)c(C)n(C)c1C(=O)C(=O)N(c1cc(Cl)nc(Cl)c1)C1CCC(O)CC1. The molecule has 0 bridgehead atoms. The summed E-state index contributed by atoms with van der Waals surface area (Å²) < 4.78 is 1.50. The molecule has 2 aromatic heterocycles. The molecule has 3 N–H and O–H groups in total. The first kappa shape index (κ1) is 23.2. The molecule has 1 aliphatic rings. The number of amides is 2. The molecule has 166 valence electrons. The van der Waals surface area contributed by atoms with Gasteiger partial charge < -0.3 is 20.3 Å². The number of aliphatic hydroxyl groups is 1. The number of primary amides is 1. The number of carbonyl (C=O) groups is 3. The Labute approximate surface area is 189 Å². The smallest absolute Gasteiger partial charge is 0.301 e. The molecule has 0 aliphatic heterocycles. The molecule has 0 atom stereocenters. The minimum atomic E-state index is -0.778. The molecule has 2 amide bonds. The van der Waals surface area contributed by atoms with Gasteiger partial charge in [0.1, 0.15) is 10.3 Å². The number of carbonyl (C=O) groups excluding carboxylic acids is 3. The number of Topliss-reactive ketones (excluding diaryl/α,β-unsaturated/α-hetero) is 1. The molecule has 1 saturated carbocycles. The summed E-state index contributed by atoms with van der Waals surface area (Å²) in [4.78, 5) is 44.0. The molecule has 1 fully saturated rings. The minimum absolute atomic E-state index is 0.0884. The van der Waals surface area contributed by atoms with Crippen LogP contribution in [0.1, 0.15) is 57.8 Å². The zero-order valence-corrected chi connectivity index (χ0v) is 19.0. The van der Waals surface area contributed by atoms with Gasteiger partial charge in [-0.3, -0.25) is 14.4 Å². The van der Waals surface area contributed by atoms with Crippen molar-refractivity contribution >= 4 is 46.5 Å². The summed E-state index contributed by atoms with van der Waals surface area (Å²) in [6.07, 6.45) is 1.58. The number of nitrogens with zero attached hydrogens (tertiary/aromatic N) is 3. The standard InChI is InChI=1S/C21H24Cl2N4O4/c1-10-17(20(24)30)11(2)26(3)18(10)19(29)21(31)27(12-4-6-14(28)7-5-12)13-8-15(22)25-16(23)9-13/h8-9,12,14,28H,4-7H2,1-3H3,(H2,24,30). The van der Waals surface area contributed by atoms with E-state index < -0.39 is 23.7 Å². The molecule has 8 nitrogen and oxygen atoms in total. The molecule has 0 radical (unpaired) electrons. The second-order valence-electron chi connectivity index (χ2n) is 7.79. The normalized spacial score (nSPS) is 18.6. The average Bonchev–Trinajstić information content (AvgIpc) is 2.90. The molecule has 3 rings (SSSR count). The summed E-state index contributed by atoms with van der Waals surface area (Å²) in [7, 11) is 1.61. The third-order valence-corrected chi connectivity index (χ3v) is 6.25. The van der Waals surface area contributed by atoms with Crippen molar-refractivity contribution in [3.05, 3.63) is 45.0 Å². The number of halogens is 2. The van der Waals surface area contributed by atoms with Crippen molar-refractivity contribution < 1.29 is 19.5 Å². The summed E-state index contributed by atoms with van der Waals surface area (Å²) in [5.74, 6) is -2.21. The van der Waals surface area contributed by atoms with Crippen LogP contribution in [0.3, 0.4) is 0 Å². The maximum Gasteiger partial charge on any atom is 0.301 e. The molecule has 1 aliphatic carbocycles.